The Bertz CT molecular complexity index is 449. The number of halogens is 4. The van der Waals surface area contributed by atoms with Gasteiger partial charge in [-0.25, -0.2) is 0 Å². The van der Waals surface area contributed by atoms with Gasteiger partial charge in [-0.2, -0.15) is 0 Å². The average Bonchev–Trinajstić information content (AvgIpc) is 2.37. The quantitative estimate of drug-likeness (QED) is 0.266. The standard InChI is InChI=1S/C13H14ClI3O3/c1-18-2-3-19-12-8(14)6-11(12)20-13-9(16)4-7(15)5-10(13)17/h4-5,8,11-12H,2-3,6H2,1H3. The fraction of sp³-hybridized carbons (Fsp3) is 0.538. The largest absolute Gasteiger partial charge is 0.485 e. The number of hydrogen-bond acceptors (Lipinski definition) is 3. The molecule has 0 aliphatic heterocycles. The molecule has 1 aromatic carbocycles. The third kappa shape index (κ3) is 4.46. The third-order valence-corrected chi connectivity index (χ3v) is 5.66. The van der Waals surface area contributed by atoms with E-state index in [0.717, 1.165) is 19.3 Å². The van der Waals surface area contributed by atoms with Crippen LogP contribution in [0.25, 0.3) is 0 Å². The van der Waals surface area contributed by atoms with Crippen LogP contribution in [0.4, 0.5) is 0 Å². The molecule has 1 aliphatic carbocycles. The van der Waals surface area contributed by atoms with Crippen LogP contribution in [0.1, 0.15) is 6.42 Å². The van der Waals surface area contributed by atoms with Gasteiger partial charge in [0.15, 0.2) is 0 Å². The molecule has 3 unspecified atom stereocenters. The first kappa shape index (κ1) is 17.8. The molecule has 20 heavy (non-hydrogen) atoms. The first-order valence-corrected chi connectivity index (χ1v) is 9.76. The molecule has 0 bridgehead atoms. The van der Waals surface area contributed by atoms with Crippen molar-refractivity contribution in [3.05, 3.63) is 22.8 Å². The molecule has 3 nitrogen and oxygen atoms in total. The second-order valence-electron chi connectivity index (χ2n) is 4.43. The fourth-order valence-corrected chi connectivity index (χ4v) is 6.16. The number of hydrogen-bond donors (Lipinski definition) is 0. The van der Waals surface area contributed by atoms with E-state index in [1.165, 1.54) is 3.57 Å². The molecule has 7 heteroatoms. The maximum absolute atomic E-state index is 6.21. The Balaban J connectivity index is 1.99. The van der Waals surface area contributed by atoms with Crippen LogP contribution in [0.15, 0.2) is 12.1 Å². The monoisotopic (exact) mass is 634 g/mol. The number of ether oxygens (including phenoxy) is 3. The van der Waals surface area contributed by atoms with Crippen LogP contribution in [0.5, 0.6) is 5.75 Å². The van der Waals surface area contributed by atoms with Crippen LogP contribution in [0.2, 0.25) is 0 Å². The van der Waals surface area contributed by atoms with Crippen molar-refractivity contribution >= 4 is 79.4 Å². The van der Waals surface area contributed by atoms with E-state index in [4.69, 9.17) is 25.8 Å². The normalized spacial score (nSPS) is 25.4. The lowest BCUT2D eigenvalue weighted by Crippen LogP contribution is -2.53. The van der Waals surface area contributed by atoms with Gasteiger partial charge in [0.05, 0.1) is 25.7 Å². The van der Waals surface area contributed by atoms with Crippen LogP contribution in [0.3, 0.4) is 0 Å². The molecule has 1 aliphatic rings. The summed E-state index contributed by atoms with van der Waals surface area (Å²) in [6.45, 7) is 1.12. The summed E-state index contributed by atoms with van der Waals surface area (Å²) in [5, 5.41) is 0.0241. The Labute approximate surface area is 164 Å². The van der Waals surface area contributed by atoms with E-state index >= 15 is 0 Å². The Kier molecular flexibility index (Phi) is 7.39. The predicted octanol–water partition coefficient (Wildman–Crippen LogP) is 4.29. The van der Waals surface area contributed by atoms with Gasteiger partial charge in [0.2, 0.25) is 0 Å². The maximum Gasteiger partial charge on any atom is 0.146 e. The average molecular weight is 634 g/mol. The van der Waals surface area contributed by atoms with Crippen LogP contribution in [-0.2, 0) is 9.47 Å². The van der Waals surface area contributed by atoms with Gasteiger partial charge >= 0.3 is 0 Å². The van der Waals surface area contributed by atoms with Crippen LogP contribution in [0, 0.1) is 10.7 Å². The second-order valence-corrected chi connectivity index (χ2v) is 8.57. The lowest BCUT2D eigenvalue weighted by molar-refractivity contribution is -0.0903. The zero-order chi connectivity index (χ0) is 14.7. The summed E-state index contributed by atoms with van der Waals surface area (Å²) in [5.41, 5.74) is 0. The summed E-state index contributed by atoms with van der Waals surface area (Å²) in [5.74, 6) is 0.931. The second kappa shape index (κ2) is 8.32. The molecule has 0 radical (unpaired) electrons. The number of benzene rings is 1. The van der Waals surface area contributed by atoms with E-state index < -0.39 is 0 Å². The zero-order valence-corrected chi connectivity index (χ0v) is 18.0. The van der Waals surface area contributed by atoms with Gasteiger partial charge < -0.3 is 14.2 Å². The molecule has 2 rings (SSSR count). The molecular formula is C13H14ClI3O3. The Morgan fingerprint density at radius 1 is 1.20 bits per heavy atom. The number of alkyl halides is 1. The van der Waals surface area contributed by atoms with E-state index in [2.05, 4.69) is 79.9 Å². The van der Waals surface area contributed by atoms with Crippen LogP contribution >= 0.6 is 79.4 Å². The predicted molar refractivity (Wildman–Crippen MR) is 105 cm³/mol. The van der Waals surface area contributed by atoms with Crippen molar-refractivity contribution in [3.8, 4) is 5.75 Å². The van der Waals surface area contributed by atoms with Crippen LogP contribution in [-0.4, -0.2) is 37.9 Å². The third-order valence-electron chi connectivity index (χ3n) is 3.01. The molecule has 1 fully saturated rings. The molecule has 0 saturated heterocycles. The molecule has 1 saturated carbocycles. The van der Waals surface area contributed by atoms with E-state index in [9.17, 15) is 0 Å². The van der Waals surface area contributed by atoms with E-state index in [1.807, 2.05) is 0 Å². The van der Waals surface area contributed by atoms with Gasteiger partial charge in [0.25, 0.3) is 0 Å². The Morgan fingerprint density at radius 3 is 2.40 bits per heavy atom. The van der Waals surface area contributed by atoms with Gasteiger partial charge in [-0.1, -0.05) is 0 Å². The van der Waals surface area contributed by atoms with Crippen molar-refractivity contribution < 1.29 is 14.2 Å². The summed E-state index contributed by atoms with van der Waals surface area (Å²) in [4.78, 5) is 0. The van der Waals surface area contributed by atoms with E-state index in [1.54, 1.807) is 7.11 Å². The van der Waals surface area contributed by atoms with Gasteiger partial charge in [-0.3, -0.25) is 0 Å². The summed E-state index contributed by atoms with van der Waals surface area (Å²) in [7, 11) is 1.66. The maximum atomic E-state index is 6.21. The molecule has 3 atom stereocenters. The van der Waals surface area contributed by atoms with Gasteiger partial charge in [0, 0.05) is 17.1 Å². The smallest absolute Gasteiger partial charge is 0.146 e. The van der Waals surface area contributed by atoms with E-state index in [0.29, 0.717) is 13.2 Å². The zero-order valence-electron chi connectivity index (χ0n) is 10.7. The SMILES string of the molecule is COCCOC1C(Cl)CC1Oc1c(I)cc(I)cc1I. The highest BCUT2D eigenvalue weighted by molar-refractivity contribution is 14.1. The van der Waals surface area contributed by atoms with E-state index in [-0.39, 0.29) is 17.6 Å². The van der Waals surface area contributed by atoms with Crippen molar-refractivity contribution in [2.75, 3.05) is 20.3 Å². The van der Waals surface area contributed by atoms with Crippen molar-refractivity contribution in [2.24, 2.45) is 0 Å². The summed E-state index contributed by atoms with van der Waals surface area (Å²) in [6.07, 6.45) is 0.784. The lowest BCUT2D eigenvalue weighted by atomic mass is 9.91. The molecule has 1 aromatic rings. The van der Waals surface area contributed by atoms with Gasteiger partial charge in [-0.15, -0.1) is 11.6 Å². The van der Waals surface area contributed by atoms with Crippen molar-refractivity contribution in [1.29, 1.82) is 0 Å². The summed E-state index contributed by atoms with van der Waals surface area (Å²) >= 11 is 13.1. The Morgan fingerprint density at radius 2 is 1.85 bits per heavy atom. The Hall–Kier alpha value is 1.42. The van der Waals surface area contributed by atoms with Crippen LogP contribution < -0.4 is 4.74 Å². The molecule has 0 N–H and O–H groups in total. The minimum atomic E-state index is -0.0577. The summed E-state index contributed by atoms with van der Waals surface area (Å²) < 4.78 is 20.3. The number of methoxy groups -OCH3 is 1. The van der Waals surface area contributed by atoms with Crippen molar-refractivity contribution in [3.63, 3.8) is 0 Å². The molecule has 0 spiro atoms. The van der Waals surface area contributed by atoms with Gasteiger partial charge in [-0.05, 0) is 79.9 Å². The molecule has 112 valence electrons. The van der Waals surface area contributed by atoms with Gasteiger partial charge in [0.1, 0.15) is 18.0 Å². The summed E-state index contributed by atoms with van der Waals surface area (Å²) in [6, 6.07) is 4.21. The number of rotatable bonds is 6. The molecule has 0 amide bonds. The highest BCUT2D eigenvalue weighted by Gasteiger charge is 2.43. The topological polar surface area (TPSA) is 27.7 Å². The molecular weight excluding hydrogens is 620 g/mol. The van der Waals surface area contributed by atoms with Crippen molar-refractivity contribution in [2.45, 2.75) is 24.0 Å². The molecule has 0 aromatic heterocycles. The first-order valence-electron chi connectivity index (χ1n) is 6.08. The minimum absolute atomic E-state index is 0.0241. The minimum Gasteiger partial charge on any atom is -0.485 e. The highest BCUT2D eigenvalue weighted by atomic mass is 127. The fourth-order valence-electron chi connectivity index (χ4n) is 1.91. The first-order chi connectivity index (χ1) is 9.52. The van der Waals surface area contributed by atoms with Crippen molar-refractivity contribution in [1.82, 2.24) is 0 Å². The highest BCUT2D eigenvalue weighted by Crippen LogP contribution is 2.37. The molecule has 0 heterocycles. The lowest BCUT2D eigenvalue weighted by Gasteiger charge is -2.40.